The molecule has 2 aromatic carbocycles. The van der Waals surface area contributed by atoms with Gasteiger partial charge in [-0.25, -0.2) is 4.99 Å². The Bertz CT molecular complexity index is 897. The molecule has 6 heteroatoms. The molecule has 1 amide bonds. The second-order valence-electron chi connectivity index (χ2n) is 7.22. The second-order valence-corrected chi connectivity index (χ2v) is 8.25. The zero-order chi connectivity index (χ0) is 20.2. The fourth-order valence-corrected chi connectivity index (χ4v) is 4.69. The molecule has 29 heavy (non-hydrogen) atoms. The molecule has 5 nitrogen and oxygen atoms in total. The highest BCUT2D eigenvalue weighted by Crippen LogP contribution is 2.28. The molecule has 2 unspecified atom stereocenters. The highest BCUT2D eigenvalue weighted by atomic mass is 32.2. The van der Waals surface area contributed by atoms with E-state index >= 15 is 0 Å². The minimum Gasteiger partial charge on any atom is -0.494 e. The van der Waals surface area contributed by atoms with E-state index < -0.39 is 0 Å². The van der Waals surface area contributed by atoms with Crippen molar-refractivity contribution in [3.8, 4) is 5.75 Å². The summed E-state index contributed by atoms with van der Waals surface area (Å²) in [7, 11) is 0. The maximum atomic E-state index is 12.7. The van der Waals surface area contributed by atoms with Crippen LogP contribution in [0.25, 0.3) is 0 Å². The first kappa shape index (κ1) is 19.8. The largest absolute Gasteiger partial charge is 0.494 e. The van der Waals surface area contributed by atoms with Crippen LogP contribution < -0.4 is 9.64 Å². The van der Waals surface area contributed by atoms with Crippen molar-refractivity contribution >= 4 is 29.3 Å². The summed E-state index contributed by atoms with van der Waals surface area (Å²) >= 11 is 1.63. The molecule has 2 aliphatic heterocycles. The van der Waals surface area contributed by atoms with Crippen molar-refractivity contribution in [2.45, 2.75) is 32.4 Å². The third kappa shape index (κ3) is 4.42. The summed E-state index contributed by atoms with van der Waals surface area (Å²) in [6.45, 7) is 5.43. The highest BCUT2D eigenvalue weighted by molar-refractivity contribution is 8.00. The molecule has 0 saturated heterocycles. The lowest BCUT2D eigenvalue weighted by molar-refractivity contribution is -0.116. The molecule has 0 spiro atoms. The first-order valence-corrected chi connectivity index (χ1v) is 11.2. The number of benzene rings is 2. The Balaban J connectivity index is 1.31. The van der Waals surface area contributed by atoms with E-state index in [0.717, 1.165) is 35.7 Å². The predicted octanol–water partition coefficient (Wildman–Crippen LogP) is 3.94. The number of carbonyl (C=O) groups excluding carboxylic acids is 1. The smallest absolute Gasteiger partial charge is 0.236 e. The standard InChI is InChI=1S/C23H26N2O3S/c1-3-27-19-10-8-18(9-11-19)23-24-20(16(2)28-23)14-29-15-22(26)25-13-12-17-6-4-5-7-21(17)25/h4-11,16,20H,3,12-15H2,1-2H3. The van der Waals surface area contributed by atoms with Crippen molar-refractivity contribution in [2.24, 2.45) is 4.99 Å². The lowest BCUT2D eigenvalue weighted by Gasteiger charge is -2.18. The molecule has 0 N–H and O–H groups in total. The van der Waals surface area contributed by atoms with Gasteiger partial charge in [0.1, 0.15) is 11.9 Å². The molecule has 2 aliphatic rings. The number of carbonyl (C=O) groups is 1. The van der Waals surface area contributed by atoms with Crippen LogP contribution >= 0.6 is 11.8 Å². The quantitative estimate of drug-likeness (QED) is 0.694. The number of hydrogen-bond acceptors (Lipinski definition) is 5. The SMILES string of the molecule is CCOc1ccc(C2=NC(CSCC(=O)N3CCc4ccccc43)C(C)O2)cc1. The zero-order valence-corrected chi connectivity index (χ0v) is 17.7. The zero-order valence-electron chi connectivity index (χ0n) is 16.8. The van der Waals surface area contributed by atoms with Gasteiger partial charge in [-0.2, -0.15) is 0 Å². The first-order valence-electron chi connectivity index (χ1n) is 10.1. The number of ether oxygens (including phenoxy) is 2. The molecule has 0 fully saturated rings. The Morgan fingerprint density at radius 2 is 2.03 bits per heavy atom. The van der Waals surface area contributed by atoms with Crippen LogP contribution in [0.4, 0.5) is 5.69 Å². The molecule has 0 radical (unpaired) electrons. The van der Waals surface area contributed by atoms with Gasteiger partial charge in [-0.15, -0.1) is 11.8 Å². The van der Waals surface area contributed by atoms with Gasteiger partial charge in [0.25, 0.3) is 0 Å². The number of para-hydroxylation sites is 1. The summed E-state index contributed by atoms with van der Waals surface area (Å²) in [6, 6.07) is 16.0. The van der Waals surface area contributed by atoms with Crippen molar-refractivity contribution in [3.05, 3.63) is 59.7 Å². The summed E-state index contributed by atoms with van der Waals surface area (Å²) in [5.74, 6) is 2.92. The van der Waals surface area contributed by atoms with Gasteiger partial charge < -0.3 is 14.4 Å². The maximum Gasteiger partial charge on any atom is 0.236 e. The Hall–Kier alpha value is -2.47. The minimum atomic E-state index is 0.00619. The molecule has 152 valence electrons. The van der Waals surface area contributed by atoms with E-state index in [-0.39, 0.29) is 18.1 Å². The maximum absolute atomic E-state index is 12.7. The lowest BCUT2D eigenvalue weighted by Crippen LogP contribution is -2.31. The van der Waals surface area contributed by atoms with Crippen LogP contribution in [0.15, 0.2) is 53.5 Å². The van der Waals surface area contributed by atoms with Crippen molar-refractivity contribution < 1.29 is 14.3 Å². The Morgan fingerprint density at radius 3 is 2.83 bits per heavy atom. The number of aliphatic imine (C=N–C) groups is 1. The van der Waals surface area contributed by atoms with Crippen molar-refractivity contribution in [2.75, 3.05) is 29.6 Å². The monoisotopic (exact) mass is 410 g/mol. The van der Waals surface area contributed by atoms with E-state index in [2.05, 4.69) is 6.07 Å². The summed E-state index contributed by atoms with van der Waals surface area (Å²) in [5.41, 5.74) is 3.28. The van der Waals surface area contributed by atoms with Crippen LogP contribution in [0, 0.1) is 0 Å². The number of amides is 1. The Labute approximate surface area is 176 Å². The number of hydrogen-bond donors (Lipinski definition) is 0. The number of anilines is 1. The molecule has 4 rings (SSSR count). The highest BCUT2D eigenvalue weighted by Gasteiger charge is 2.29. The van der Waals surface area contributed by atoms with Crippen LogP contribution in [-0.2, 0) is 16.0 Å². The third-order valence-electron chi connectivity index (χ3n) is 5.24. The van der Waals surface area contributed by atoms with Crippen LogP contribution in [0.3, 0.4) is 0 Å². The van der Waals surface area contributed by atoms with Gasteiger partial charge in [-0.1, -0.05) is 18.2 Å². The fourth-order valence-electron chi connectivity index (χ4n) is 3.66. The summed E-state index contributed by atoms with van der Waals surface area (Å²) < 4.78 is 11.4. The van der Waals surface area contributed by atoms with E-state index in [1.807, 2.05) is 61.2 Å². The van der Waals surface area contributed by atoms with Gasteiger partial charge in [0.2, 0.25) is 11.8 Å². The topological polar surface area (TPSA) is 51.1 Å². The summed E-state index contributed by atoms with van der Waals surface area (Å²) in [4.78, 5) is 19.3. The molecule has 0 aromatic heterocycles. The van der Waals surface area contributed by atoms with Gasteiger partial charge >= 0.3 is 0 Å². The average Bonchev–Trinajstić information content (AvgIpc) is 3.33. The second kappa shape index (κ2) is 8.91. The van der Waals surface area contributed by atoms with Gasteiger partial charge in [0, 0.05) is 23.5 Å². The van der Waals surface area contributed by atoms with Crippen LogP contribution in [0.2, 0.25) is 0 Å². The number of fused-ring (bicyclic) bond motifs is 1. The molecular formula is C23H26N2O3S. The lowest BCUT2D eigenvalue weighted by atomic mass is 10.2. The van der Waals surface area contributed by atoms with E-state index in [4.69, 9.17) is 14.5 Å². The molecule has 2 aromatic rings. The predicted molar refractivity (Wildman–Crippen MR) is 118 cm³/mol. The molecule has 2 atom stereocenters. The average molecular weight is 411 g/mol. The first-order chi connectivity index (χ1) is 14.2. The molecule has 2 heterocycles. The molecular weight excluding hydrogens is 384 g/mol. The van der Waals surface area contributed by atoms with Crippen LogP contribution in [0.1, 0.15) is 25.0 Å². The fraction of sp³-hybridized carbons (Fsp3) is 0.391. The Kier molecular flexibility index (Phi) is 6.09. The third-order valence-corrected chi connectivity index (χ3v) is 6.27. The van der Waals surface area contributed by atoms with Gasteiger partial charge in [0.15, 0.2) is 0 Å². The van der Waals surface area contributed by atoms with E-state index in [1.54, 1.807) is 11.8 Å². The van der Waals surface area contributed by atoms with E-state index in [1.165, 1.54) is 5.56 Å². The normalized spacial score (nSPS) is 20.2. The van der Waals surface area contributed by atoms with Crippen LogP contribution in [-0.4, -0.2) is 48.6 Å². The summed E-state index contributed by atoms with van der Waals surface area (Å²) in [6.07, 6.45) is 0.946. The molecule has 0 saturated carbocycles. The van der Waals surface area contributed by atoms with E-state index in [0.29, 0.717) is 18.3 Å². The molecule has 0 bridgehead atoms. The Morgan fingerprint density at radius 1 is 1.24 bits per heavy atom. The number of thioether (sulfide) groups is 1. The van der Waals surface area contributed by atoms with Gasteiger partial charge in [-0.05, 0) is 56.2 Å². The van der Waals surface area contributed by atoms with Crippen molar-refractivity contribution in [1.29, 1.82) is 0 Å². The summed E-state index contributed by atoms with van der Waals surface area (Å²) in [5, 5.41) is 0. The van der Waals surface area contributed by atoms with Crippen molar-refractivity contribution in [3.63, 3.8) is 0 Å². The van der Waals surface area contributed by atoms with Crippen LogP contribution in [0.5, 0.6) is 5.75 Å². The minimum absolute atomic E-state index is 0.00619. The number of rotatable bonds is 7. The number of nitrogens with zero attached hydrogens (tertiary/aromatic N) is 2. The van der Waals surface area contributed by atoms with Gasteiger partial charge in [0.05, 0.1) is 18.4 Å². The van der Waals surface area contributed by atoms with Crippen molar-refractivity contribution in [1.82, 2.24) is 0 Å². The van der Waals surface area contributed by atoms with Gasteiger partial charge in [-0.3, -0.25) is 4.79 Å². The van der Waals surface area contributed by atoms with E-state index in [9.17, 15) is 4.79 Å². The molecule has 0 aliphatic carbocycles.